The highest BCUT2D eigenvalue weighted by Gasteiger charge is 2.10. The van der Waals surface area contributed by atoms with Crippen LogP contribution in [0.25, 0.3) is 0 Å². The van der Waals surface area contributed by atoms with Crippen LogP contribution in [0.15, 0.2) is 24.3 Å². The third kappa shape index (κ3) is 1.99. The van der Waals surface area contributed by atoms with Gasteiger partial charge in [-0.25, -0.2) is 0 Å². The van der Waals surface area contributed by atoms with Crippen LogP contribution in [0.5, 0.6) is 0 Å². The molecule has 0 spiro atoms. The van der Waals surface area contributed by atoms with E-state index in [0.29, 0.717) is 0 Å². The molecule has 10 heavy (non-hydrogen) atoms. The lowest BCUT2D eigenvalue weighted by molar-refractivity contribution is 0.471. The van der Waals surface area contributed by atoms with Gasteiger partial charge in [-0.2, -0.15) is 0 Å². The molecule has 1 aliphatic rings. The van der Waals surface area contributed by atoms with Gasteiger partial charge in [0.2, 0.25) is 0 Å². The minimum atomic E-state index is 0.792. The van der Waals surface area contributed by atoms with Crippen LogP contribution in [0.1, 0.15) is 13.3 Å². The summed E-state index contributed by atoms with van der Waals surface area (Å²) in [6.45, 7) is 8.16. The molecule has 1 heterocycles. The Morgan fingerprint density at radius 1 is 1.70 bits per heavy atom. The fourth-order valence-corrected chi connectivity index (χ4v) is 1.36. The van der Waals surface area contributed by atoms with E-state index in [2.05, 4.69) is 24.9 Å². The van der Waals surface area contributed by atoms with E-state index in [4.69, 9.17) is 0 Å². The largest absolute Gasteiger partial charge is 0.313 e. The normalized spacial score (nSPS) is 30.5. The van der Waals surface area contributed by atoms with Gasteiger partial charge in [-0.3, -0.25) is 0 Å². The van der Waals surface area contributed by atoms with E-state index >= 15 is 0 Å². The lowest BCUT2D eigenvalue weighted by Crippen LogP contribution is -2.29. The molecule has 0 amide bonds. The molecule has 1 fully saturated rings. The fourth-order valence-electron chi connectivity index (χ4n) is 1.36. The summed E-state index contributed by atoms with van der Waals surface area (Å²) in [6.07, 6.45) is 5.22. The maximum absolute atomic E-state index is 3.68. The van der Waals surface area contributed by atoms with Gasteiger partial charge in [-0.05, 0) is 18.9 Å². The van der Waals surface area contributed by atoms with Gasteiger partial charge in [0.05, 0.1) is 0 Å². The fraction of sp³-hybridized carbons (Fsp3) is 0.556. The van der Waals surface area contributed by atoms with Gasteiger partial charge in [0.25, 0.3) is 0 Å². The van der Waals surface area contributed by atoms with E-state index in [1.165, 1.54) is 12.0 Å². The van der Waals surface area contributed by atoms with Gasteiger partial charge in [-0.15, -0.1) is 0 Å². The molecule has 1 atom stereocenters. The third-order valence-electron chi connectivity index (χ3n) is 1.81. The van der Waals surface area contributed by atoms with Gasteiger partial charge in [-0.1, -0.05) is 31.2 Å². The van der Waals surface area contributed by atoms with Crippen molar-refractivity contribution in [3.05, 3.63) is 24.3 Å². The zero-order valence-electron chi connectivity index (χ0n) is 6.56. The van der Waals surface area contributed by atoms with Crippen LogP contribution in [0.3, 0.4) is 0 Å². The number of rotatable bonds is 1. The van der Waals surface area contributed by atoms with Crippen molar-refractivity contribution in [1.82, 2.24) is 5.32 Å². The quantitative estimate of drug-likeness (QED) is 0.580. The van der Waals surface area contributed by atoms with Gasteiger partial charge in [0.1, 0.15) is 0 Å². The van der Waals surface area contributed by atoms with Crippen molar-refractivity contribution in [2.24, 2.45) is 5.92 Å². The van der Waals surface area contributed by atoms with Crippen LogP contribution in [0, 0.1) is 5.92 Å². The maximum Gasteiger partial charge on any atom is 0.0167 e. The first-order valence-electron chi connectivity index (χ1n) is 3.84. The second-order valence-electron chi connectivity index (χ2n) is 3.00. The molecule has 1 rings (SSSR count). The van der Waals surface area contributed by atoms with Crippen LogP contribution < -0.4 is 5.32 Å². The summed E-state index contributed by atoms with van der Waals surface area (Å²) < 4.78 is 0. The Morgan fingerprint density at radius 3 is 3.10 bits per heavy atom. The van der Waals surface area contributed by atoms with E-state index in [-0.39, 0.29) is 0 Å². The Bertz CT molecular complexity index is 147. The molecule has 1 heteroatoms. The summed E-state index contributed by atoms with van der Waals surface area (Å²) in [4.78, 5) is 0. The van der Waals surface area contributed by atoms with Crippen molar-refractivity contribution in [1.29, 1.82) is 0 Å². The number of hydrogen-bond donors (Lipinski definition) is 1. The Balaban J connectivity index is 2.46. The van der Waals surface area contributed by atoms with Crippen molar-refractivity contribution >= 4 is 0 Å². The topological polar surface area (TPSA) is 12.0 Å². The molecule has 0 aromatic rings. The van der Waals surface area contributed by atoms with Crippen LogP contribution in [0.4, 0.5) is 0 Å². The van der Waals surface area contributed by atoms with Gasteiger partial charge >= 0.3 is 0 Å². The zero-order chi connectivity index (χ0) is 7.40. The molecule has 56 valence electrons. The Kier molecular flexibility index (Phi) is 2.69. The Labute approximate surface area is 62.8 Å². The number of hydrogen-bond acceptors (Lipinski definition) is 1. The average molecular weight is 137 g/mol. The SMILES string of the molecule is C=CC=C1CNCC(C)C1. The highest BCUT2D eigenvalue weighted by Crippen LogP contribution is 2.13. The molecule has 0 aromatic heterocycles. The molecule has 0 aliphatic carbocycles. The highest BCUT2D eigenvalue weighted by atomic mass is 14.9. The van der Waals surface area contributed by atoms with Gasteiger partial charge in [0, 0.05) is 6.54 Å². The van der Waals surface area contributed by atoms with Crippen molar-refractivity contribution < 1.29 is 0 Å². The summed E-state index contributed by atoms with van der Waals surface area (Å²) >= 11 is 0. The van der Waals surface area contributed by atoms with Crippen molar-refractivity contribution in [3.63, 3.8) is 0 Å². The van der Waals surface area contributed by atoms with Crippen LogP contribution in [-0.2, 0) is 0 Å². The molecule has 1 N–H and O–H groups in total. The molecule has 1 nitrogen and oxygen atoms in total. The molecule has 1 aliphatic heterocycles. The lowest BCUT2D eigenvalue weighted by atomic mass is 9.97. The first-order chi connectivity index (χ1) is 4.83. The number of nitrogens with one attached hydrogen (secondary N) is 1. The van der Waals surface area contributed by atoms with Crippen molar-refractivity contribution in [2.45, 2.75) is 13.3 Å². The second kappa shape index (κ2) is 3.57. The first kappa shape index (κ1) is 7.55. The van der Waals surface area contributed by atoms with E-state index < -0.39 is 0 Å². The van der Waals surface area contributed by atoms with E-state index in [1.54, 1.807) is 0 Å². The van der Waals surface area contributed by atoms with Gasteiger partial charge in [0.15, 0.2) is 0 Å². The predicted molar refractivity (Wildman–Crippen MR) is 44.9 cm³/mol. The van der Waals surface area contributed by atoms with Crippen LogP contribution in [0.2, 0.25) is 0 Å². The zero-order valence-corrected chi connectivity index (χ0v) is 6.56. The maximum atomic E-state index is 3.68. The summed E-state index contributed by atoms with van der Waals surface area (Å²) in [7, 11) is 0. The Hall–Kier alpha value is -0.560. The van der Waals surface area contributed by atoms with Gasteiger partial charge < -0.3 is 5.32 Å². The number of allylic oxidation sites excluding steroid dienone is 2. The summed E-state index contributed by atoms with van der Waals surface area (Å²) in [5.74, 6) is 0.792. The summed E-state index contributed by atoms with van der Waals surface area (Å²) in [6, 6.07) is 0. The molecule has 0 radical (unpaired) electrons. The molecule has 0 aromatic carbocycles. The lowest BCUT2D eigenvalue weighted by Gasteiger charge is -2.21. The van der Waals surface area contributed by atoms with E-state index in [0.717, 1.165) is 19.0 Å². The smallest absolute Gasteiger partial charge is 0.0167 e. The molecule has 1 unspecified atom stereocenters. The molecular weight excluding hydrogens is 122 g/mol. The monoisotopic (exact) mass is 137 g/mol. The average Bonchev–Trinajstić information content (AvgIpc) is 1.88. The molecular formula is C9H15N. The summed E-state index contributed by atoms with van der Waals surface area (Å²) in [5, 5.41) is 3.35. The predicted octanol–water partition coefficient (Wildman–Crippen LogP) is 1.73. The molecule has 1 saturated heterocycles. The van der Waals surface area contributed by atoms with Crippen LogP contribution >= 0.6 is 0 Å². The minimum Gasteiger partial charge on any atom is -0.313 e. The molecule has 0 saturated carbocycles. The van der Waals surface area contributed by atoms with Crippen molar-refractivity contribution in [3.8, 4) is 0 Å². The third-order valence-corrected chi connectivity index (χ3v) is 1.81. The first-order valence-corrected chi connectivity index (χ1v) is 3.84. The standard InChI is InChI=1S/C9H15N/c1-3-4-9-5-8(2)6-10-7-9/h3-4,8,10H,1,5-7H2,2H3. The second-order valence-corrected chi connectivity index (χ2v) is 3.00. The molecule has 0 bridgehead atoms. The van der Waals surface area contributed by atoms with Crippen LogP contribution in [-0.4, -0.2) is 13.1 Å². The van der Waals surface area contributed by atoms with E-state index in [1.807, 2.05) is 6.08 Å². The van der Waals surface area contributed by atoms with Crippen molar-refractivity contribution in [2.75, 3.05) is 13.1 Å². The number of piperidine rings is 1. The van der Waals surface area contributed by atoms with E-state index in [9.17, 15) is 0 Å². The Morgan fingerprint density at radius 2 is 2.50 bits per heavy atom. The summed E-state index contributed by atoms with van der Waals surface area (Å²) in [5.41, 5.74) is 1.48. The highest BCUT2D eigenvalue weighted by molar-refractivity contribution is 5.14. The minimum absolute atomic E-state index is 0.792.